The number of methoxy groups -OCH3 is 1. The van der Waals surface area contributed by atoms with Crippen molar-refractivity contribution in [2.75, 3.05) is 12.4 Å². The first kappa shape index (κ1) is 15.6. The Kier molecular flexibility index (Phi) is 4.68. The number of hydrogen-bond donors (Lipinski definition) is 1. The van der Waals surface area contributed by atoms with E-state index in [1.165, 1.54) is 0 Å². The number of rotatable bonds is 4. The molecule has 1 atom stereocenters. The highest BCUT2D eigenvalue weighted by molar-refractivity contribution is 6.30. The molecule has 0 fully saturated rings. The van der Waals surface area contributed by atoms with Gasteiger partial charge in [-0.2, -0.15) is 0 Å². The smallest absolute Gasteiger partial charge is 0.158 e. The summed E-state index contributed by atoms with van der Waals surface area (Å²) in [5.74, 6) is 1.16. The maximum Gasteiger partial charge on any atom is 0.158 e. The number of halogens is 1. The lowest BCUT2D eigenvalue weighted by atomic mass is 9.85. The van der Waals surface area contributed by atoms with E-state index in [1.807, 2.05) is 48.5 Å². The van der Waals surface area contributed by atoms with E-state index >= 15 is 0 Å². The van der Waals surface area contributed by atoms with Gasteiger partial charge < -0.3 is 10.1 Å². The Labute approximate surface area is 140 Å². The Morgan fingerprint density at radius 2 is 1.74 bits per heavy atom. The van der Waals surface area contributed by atoms with Crippen LogP contribution in [-0.2, 0) is 4.79 Å². The molecule has 3 nitrogen and oxygen atoms in total. The molecule has 3 rings (SSSR count). The molecule has 1 aliphatic carbocycles. The molecule has 0 amide bonds. The molecule has 0 unspecified atom stereocenters. The van der Waals surface area contributed by atoms with E-state index < -0.39 is 0 Å². The van der Waals surface area contributed by atoms with Crippen molar-refractivity contribution in [3.63, 3.8) is 0 Å². The fourth-order valence-electron chi connectivity index (χ4n) is 2.81. The summed E-state index contributed by atoms with van der Waals surface area (Å²) >= 11 is 5.90. The van der Waals surface area contributed by atoms with Gasteiger partial charge in [0.1, 0.15) is 5.75 Å². The number of hydrogen-bond acceptors (Lipinski definition) is 3. The fourth-order valence-corrected chi connectivity index (χ4v) is 2.94. The molecule has 0 heterocycles. The third-order valence-electron chi connectivity index (χ3n) is 3.99. The van der Waals surface area contributed by atoms with Crippen molar-refractivity contribution in [1.82, 2.24) is 0 Å². The van der Waals surface area contributed by atoms with E-state index in [1.54, 1.807) is 13.2 Å². The van der Waals surface area contributed by atoms with Gasteiger partial charge in [0.15, 0.2) is 5.78 Å². The standard InChI is InChI=1S/C19H18ClNO2/c1-23-19-8-2-13(3-9-19)14-10-17(12-18(22)11-14)21-16-6-4-15(20)5-7-16/h2-9,12,14,21H,10-11H2,1H3/t14-/m1/s1. The van der Waals surface area contributed by atoms with Crippen LogP contribution in [0.3, 0.4) is 0 Å². The first-order chi connectivity index (χ1) is 11.1. The van der Waals surface area contributed by atoms with Crippen LogP contribution in [0.1, 0.15) is 24.3 Å². The molecule has 118 valence electrons. The van der Waals surface area contributed by atoms with Crippen LogP contribution in [0.5, 0.6) is 5.75 Å². The van der Waals surface area contributed by atoms with Crippen molar-refractivity contribution in [1.29, 1.82) is 0 Å². The van der Waals surface area contributed by atoms with Gasteiger partial charge in [-0.25, -0.2) is 0 Å². The molecule has 0 saturated heterocycles. The second-order valence-corrected chi connectivity index (χ2v) is 6.08. The molecule has 23 heavy (non-hydrogen) atoms. The van der Waals surface area contributed by atoms with E-state index in [4.69, 9.17) is 16.3 Å². The van der Waals surface area contributed by atoms with Crippen molar-refractivity contribution >= 4 is 23.1 Å². The van der Waals surface area contributed by atoms with Crippen molar-refractivity contribution in [3.05, 3.63) is 70.9 Å². The summed E-state index contributed by atoms with van der Waals surface area (Å²) in [6.07, 6.45) is 3.05. The van der Waals surface area contributed by atoms with Crippen LogP contribution in [0, 0.1) is 0 Å². The van der Waals surface area contributed by atoms with Gasteiger partial charge in [0.05, 0.1) is 7.11 Å². The number of ether oxygens (including phenoxy) is 1. The minimum atomic E-state index is 0.147. The maximum absolute atomic E-state index is 12.1. The molecule has 0 aromatic heterocycles. The number of benzene rings is 2. The molecule has 1 aliphatic rings. The summed E-state index contributed by atoms with van der Waals surface area (Å²) in [4.78, 5) is 12.1. The molecular weight excluding hydrogens is 310 g/mol. The van der Waals surface area contributed by atoms with E-state index in [9.17, 15) is 4.79 Å². The number of carbonyl (C=O) groups excluding carboxylic acids is 1. The van der Waals surface area contributed by atoms with Crippen molar-refractivity contribution in [2.24, 2.45) is 0 Å². The highest BCUT2D eigenvalue weighted by Crippen LogP contribution is 2.32. The van der Waals surface area contributed by atoms with Crippen LogP contribution in [0.15, 0.2) is 60.3 Å². The largest absolute Gasteiger partial charge is 0.497 e. The van der Waals surface area contributed by atoms with Gasteiger partial charge >= 0.3 is 0 Å². The summed E-state index contributed by atoms with van der Waals surface area (Å²) in [6, 6.07) is 15.4. The lowest BCUT2D eigenvalue weighted by molar-refractivity contribution is -0.115. The summed E-state index contributed by atoms with van der Waals surface area (Å²) in [7, 11) is 1.65. The molecule has 0 bridgehead atoms. The van der Waals surface area contributed by atoms with E-state index in [0.717, 1.165) is 29.1 Å². The van der Waals surface area contributed by atoms with Crippen LogP contribution in [-0.4, -0.2) is 12.9 Å². The Morgan fingerprint density at radius 1 is 1.04 bits per heavy atom. The maximum atomic E-state index is 12.1. The van der Waals surface area contributed by atoms with Gasteiger partial charge in [-0.3, -0.25) is 4.79 Å². The first-order valence-electron chi connectivity index (χ1n) is 7.54. The van der Waals surface area contributed by atoms with Crippen LogP contribution >= 0.6 is 11.6 Å². The monoisotopic (exact) mass is 327 g/mol. The number of anilines is 1. The average Bonchev–Trinajstić information content (AvgIpc) is 2.56. The lowest BCUT2D eigenvalue weighted by Crippen LogP contribution is -2.16. The normalized spacial score (nSPS) is 17.6. The minimum Gasteiger partial charge on any atom is -0.497 e. The zero-order chi connectivity index (χ0) is 16.2. The van der Waals surface area contributed by atoms with Gasteiger partial charge in [0.2, 0.25) is 0 Å². The van der Waals surface area contributed by atoms with Crippen molar-refractivity contribution in [3.8, 4) is 5.75 Å². The van der Waals surface area contributed by atoms with Crippen LogP contribution < -0.4 is 10.1 Å². The molecule has 0 radical (unpaired) electrons. The van der Waals surface area contributed by atoms with Gasteiger partial charge in [-0.1, -0.05) is 23.7 Å². The van der Waals surface area contributed by atoms with E-state index in [0.29, 0.717) is 11.4 Å². The van der Waals surface area contributed by atoms with Gasteiger partial charge in [0.25, 0.3) is 0 Å². The van der Waals surface area contributed by atoms with Crippen LogP contribution in [0.4, 0.5) is 5.69 Å². The highest BCUT2D eigenvalue weighted by Gasteiger charge is 2.22. The summed E-state index contributed by atoms with van der Waals surface area (Å²) in [5.41, 5.74) is 3.02. The molecule has 2 aromatic carbocycles. The van der Waals surface area contributed by atoms with Gasteiger partial charge in [-0.05, 0) is 54.3 Å². The summed E-state index contributed by atoms with van der Waals surface area (Å²) in [6.45, 7) is 0. The van der Waals surface area contributed by atoms with Gasteiger partial charge in [-0.15, -0.1) is 0 Å². The number of allylic oxidation sites excluding steroid dienone is 2. The van der Waals surface area contributed by atoms with Crippen molar-refractivity contribution in [2.45, 2.75) is 18.8 Å². The second kappa shape index (κ2) is 6.88. The molecule has 2 aromatic rings. The molecule has 1 N–H and O–H groups in total. The average molecular weight is 328 g/mol. The van der Waals surface area contributed by atoms with E-state index in [2.05, 4.69) is 5.32 Å². The summed E-state index contributed by atoms with van der Waals surface area (Å²) in [5, 5.41) is 4.01. The number of carbonyl (C=O) groups is 1. The molecular formula is C19H18ClNO2. The predicted octanol–water partition coefficient (Wildman–Crippen LogP) is 4.79. The SMILES string of the molecule is COc1ccc([C@H]2CC(=O)C=C(Nc3ccc(Cl)cc3)C2)cc1. The zero-order valence-corrected chi connectivity index (χ0v) is 13.6. The third-order valence-corrected chi connectivity index (χ3v) is 4.24. The molecule has 4 heteroatoms. The molecule has 0 aliphatic heterocycles. The Bertz CT molecular complexity index is 720. The number of nitrogens with one attached hydrogen (secondary N) is 1. The summed E-state index contributed by atoms with van der Waals surface area (Å²) < 4.78 is 5.19. The van der Waals surface area contributed by atoms with Crippen LogP contribution in [0.2, 0.25) is 5.02 Å². The van der Waals surface area contributed by atoms with Crippen LogP contribution in [0.25, 0.3) is 0 Å². The predicted molar refractivity (Wildman–Crippen MR) is 93.1 cm³/mol. The Morgan fingerprint density at radius 3 is 2.39 bits per heavy atom. The highest BCUT2D eigenvalue weighted by atomic mass is 35.5. The fraction of sp³-hybridized carbons (Fsp3) is 0.211. The van der Waals surface area contributed by atoms with Gasteiger partial charge in [0, 0.05) is 28.9 Å². The van der Waals surface area contributed by atoms with E-state index in [-0.39, 0.29) is 11.7 Å². The first-order valence-corrected chi connectivity index (χ1v) is 7.92. The quantitative estimate of drug-likeness (QED) is 0.877. The zero-order valence-electron chi connectivity index (χ0n) is 12.9. The Balaban J connectivity index is 1.74. The molecule has 0 saturated carbocycles. The lowest BCUT2D eigenvalue weighted by Gasteiger charge is -2.23. The Hall–Kier alpha value is -2.26. The van der Waals surface area contributed by atoms with Crippen molar-refractivity contribution < 1.29 is 9.53 Å². The topological polar surface area (TPSA) is 38.3 Å². The minimum absolute atomic E-state index is 0.147. The molecule has 0 spiro atoms. The second-order valence-electron chi connectivity index (χ2n) is 5.65. The number of ketones is 1. The third kappa shape index (κ3) is 3.93.